The number of fused-ring (bicyclic) bond motifs is 1. The maximum Gasteiger partial charge on any atom is 0.416 e. The molecule has 2 N–H and O–H groups in total. The van der Waals surface area contributed by atoms with Crippen LogP contribution in [0, 0.1) is 5.82 Å². The first kappa shape index (κ1) is 20.1. The molecule has 0 fully saturated rings. The molecule has 0 radical (unpaired) electrons. The highest BCUT2D eigenvalue weighted by atomic mass is 32.1. The number of carbonyl (C=O) groups is 2. The van der Waals surface area contributed by atoms with Gasteiger partial charge in [-0.05, 0) is 29.3 Å². The molecule has 1 atom stereocenters. The summed E-state index contributed by atoms with van der Waals surface area (Å²) in [6.07, 6.45) is -4.88. The van der Waals surface area contributed by atoms with E-state index in [9.17, 15) is 32.3 Å². The molecule has 154 valence electrons. The third-order valence-electron chi connectivity index (χ3n) is 4.87. The van der Waals surface area contributed by atoms with E-state index in [1.165, 1.54) is 30.3 Å². The Morgan fingerprint density at radius 3 is 2.40 bits per heavy atom. The standard InChI is InChI=1S/C21H13F4NO3S/c22-11-7-5-10(6-8-11)16-17-18(30-19(16)20(28)29)13(9-15(27)26-17)12-3-1-2-4-14(12)21(23,24)25/h1-8,13H,9H2,(H,26,27)(H,28,29)/t13-/m1/s1. The van der Waals surface area contributed by atoms with Gasteiger partial charge in [0.05, 0.1) is 11.3 Å². The third kappa shape index (κ3) is 3.45. The molecule has 1 amide bonds. The van der Waals surface area contributed by atoms with E-state index in [4.69, 9.17) is 0 Å². The van der Waals surface area contributed by atoms with Crippen molar-refractivity contribution in [2.24, 2.45) is 0 Å². The van der Waals surface area contributed by atoms with Gasteiger partial charge in [0.2, 0.25) is 5.91 Å². The van der Waals surface area contributed by atoms with Gasteiger partial charge in [0.1, 0.15) is 10.7 Å². The van der Waals surface area contributed by atoms with E-state index in [0.717, 1.165) is 29.5 Å². The van der Waals surface area contributed by atoms with E-state index in [1.807, 2.05) is 0 Å². The maximum absolute atomic E-state index is 13.6. The van der Waals surface area contributed by atoms with E-state index in [1.54, 1.807) is 0 Å². The van der Waals surface area contributed by atoms with Crippen LogP contribution in [0.3, 0.4) is 0 Å². The lowest BCUT2D eigenvalue weighted by atomic mass is 9.86. The van der Waals surface area contributed by atoms with E-state index >= 15 is 0 Å². The number of alkyl halides is 3. The minimum Gasteiger partial charge on any atom is -0.477 e. The van der Waals surface area contributed by atoms with Gasteiger partial charge in [-0.25, -0.2) is 9.18 Å². The zero-order valence-corrected chi connectivity index (χ0v) is 15.9. The largest absolute Gasteiger partial charge is 0.477 e. The predicted octanol–water partition coefficient (Wildman–Crippen LogP) is 5.75. The highest BCUT2D eigenvalue weighted by molar-refractivity contribution is 7.15. The minimum absolute atomic E-state index is 0.0926. The fraction of sp³-hybridized carbons (Fsp3) is 0.143. The van der Waals surface area contributed by atoms with E-state index in [0.29, 0.717) is 10.4 Å². The zero-order chi connectivity index (χ0) is 21.6. The van der Waals surface area contributed by atoms with Crippen LogP contribution in [0.1, 0.15) is 38.0 Å². The van der Waals surface area contributed by atoms with Gasteiger partial charge in [-0.15, -0.1) is 11.3 Å². The van der Waals surface area contributed by atoms with E-state index in [-0.39, 0.29) is 28.1 Å². The molecule has 0 aliphatic carbocycles. The summed E-state index contributed by atoms with van der Waals surface area (Å²) in [5, 5.41) is 12.3. The van der Waals surface area contributed by atoms with Crippen LogP contribution >= 0.6 is 11.3 Å². The summed E-state index contributed by atoms with van der Waals surface area (Å²) in [4.78, 5) is 24.5. The summed E-state index contributed by atoms with van der Waals surface area (Å²) in [6.45, 7) is 0. The van der Waals surface area contributed by atoms with Gasteiger partial charge in [-0.3, -0.25) is 4.79 Å². The monoisotopic (exact) mass is 435 g/mol. The molecule has 9 heteroatoms. The molecule has 0 saturated carbocycles. The molecule has 4 rings (SSSR count). The molecule has 30 heavy (non-hydrogen) atoms. The predicted molar refractivity (Wildman–Crippen MR) is 103 cm³/mol. The van der Waals surface area contributed by atoms with Crippen molar-refractivity contribution in [1.82, 2.24) is 0 Å². The lowest BCUT2D eigenvalue weighted by molar-refractivity contribution is -0.138. The maximum atomic E-state index is 13.6. The van der Waals surface area contributed by atoms with E-state index < -0.39 is 35.4 Å². The first-order chi connectivity index (χ1) is 14.2. The number of rotatable bonds is 3. The van der Waals surface area contributed by atoms with Crippen LogP contribution in [0.5, 0.6) is 0 Å². The van der Waals surface area contributed by atoms with Gasteiger partial charge in [0.15, 0.2) is 0 Å². The van der Waals surface area contributed by atoms with Crippen LogP contribution in [0.4, 0.5) is 23.2 Å². The van der Waals surface area contributed by atoms with Crippen molar-refractivity contribution in [2.45, 2.75) is 18.5 Å². The minimum atomic E-state index is -4.63. The van der Waals surface area contributed by atoms with E-state index in [2.05, 4.69) is 5.32 Å². The van der Waals surface area contributed by atoms with Crippen LogP contribution in [-0.4, -0.2) is 17.0 Å². The molecule has 0 spiro atoms. The number of hydrogen-bond donors (Lipinski definition) is 2. The smallest absolute Gasteiger partial charge is 0.416 e. The SMILES string of the molecule is O=C1C[C@H](c2ccccc2C(F)(F)F)c2sc(C(=O)O)c(-c3ccc(F)cc3)c2N1. The number of carboxylic acids is 1. The van der Waals surface area contributed by atoms with Crippen molar-refractivity contribution in [3.63, 3.8) is 0 Å². The summed E-state index contributed by atoms with van der Waals surface area (Å²) in [5.41, 5.74) is -0.308. The summed E-state index contributed by atoms with van der Waals surface area (Å²) >= 11 is 0.818. The van der Waals surface area contributed by atoms with Gasteiger partial charge < -0.3 is 10.4 Å². The fourth-order valence-electron chi connectivity index (χ4n) is 3.64. The third-order valence-corrected chi connectivity index (χ3v) is 6.17. The summed E-state index contributed by atoms with van der Waals surface area (Å²) in [6, 6.07) is 9.97. The first-order valence-corrected chi connectivity index (χ1v) is 9.60. The van der Waals surface area contributed by atoms with Gasteiger partial charge in [-0.1, -0.05) is 30.3 Å². The summed E-state index contributed by atoms with van der Waals surface area (Å²) in [5.74, 6) is -3.29. The Hall–Kier alpha value is -3.20. The van der Waals surface area contributed by atoms with Crippen molar-refractivity contribution in [3.05, 3.63) is 75.2 Å². The molecule has 1 aliphatic heterocycles. The number of hydrogen-bond acceptors (Lipinski definition) is 3. The molecule has 0 saturated heterocycles. The number of benzene rings is 2. The second-order valence-corrected chi connectivity index (χ2v) is 7.80. The number of aromatic carboxylic acids is 1. The average Bonchev–Trinajstić information content (AvgIpc) is 3.07. The zero-order valence-electron chi connectivity index (χ0n) is 15.1. The summed E-state index contributed by atoms with van der Waals surface area (Å²) < 4.78 is 54.0. The lowest BCUT2D eigenvalue weighted by Crippen LogP contribution is -2.24. The van der Waals surface area contributed by atoms with Crippen molar-refractivity contribution >= 4 is 28.9 Å². The molecule has 3 aromatic rings. The van der Waals surface area contributed by atoms with Crippen LogP contribution in [0.25, 0.3) is 11.1 Å². The van der Waals surface area contributed by atoms with Crippen molar-refractivity contribution < 1.29 is 32.3 Å². The number of carbonyl (C=O) groups excluding carboxylic acids is 1. The van der Waals surface area contributed by atoms with Gasteiger partial charge in [0.25, 0.3) is 0 Å². The number of carboxylic acid groups (broad SMARTS) is 1. The Morgan fingerprint density at radius 1 is 1.10 bits per heavy atom. The van der Waals surface area contributed by atoms with Crippen LogP contribution < -0.4 is 5.32 Å². The Morgan fingerprint density at radius 2 is 1.77 bits per heavy atom. The highest BCUT2D eigenvalue weighted by Gasteiger charge is 2.40. The topological polar surface area (TPSA) is 66.4 Å². The number of amides is 1. The van der Waals surface area contributed by atoms with Crippen molar-refractivity contribution in [3.8, 4) is 11.1 Å². The molecule has 1 aromatic heterocycles. The van der Waals surface area contributed by atoms with Crippen LogP contribution in [-0.2, 0) is 11.0 Å². The number of anilines is 1. The van der Waals surface area contributed by atoms with Crippen molar-refractivity contribution in [1.29, 1.82) is 0 Å². The Kier molecular flexibility index (Phi) is 4.85. The van der Waals surface area contributed by atoms with Crippen LogP contribution in [0.2, 0.25) is 0 Å². The molecule has 0 unspecified atom stereocenters. The van der Waals surface area contributed by atoms with Gasteiger partial charge in [0, 0.05) is 22.8 Å². The second-order valence-electron chi connectivity index (χ2n) is 6.75. The van der Waals surface area contributed by atoms with Gasteiger partial charge >= 0.3 is 12.1 Å². The van der Waals surface area contributed by atoms with Gasteiger partial charge in [-0.2, -0.15) is 13.2 Å². The Balaban J connectivity index is 1.96. The Labute approximate surface area is 171 Å². The molecule has 1 aliphatic rings. The molecule has 2 aromatic carbocycles. The summed E-state index contributed by atoms with van der Waals surface area (Å²) in [7, 11) is 0. The lowest BCUT2D eigenvalue weighted by Gasteiger charge is -2.26. The van der Waals surface area contributed by atoms with Crippen LogP contribution in [0.15, 0.2) is 48.5 Å². The molecule has 2 heterocycles. The number of thiophene rings is 1. The average molecular weight is 435 g/mol. The Bertz CT molecular complexity index is 1150. The normalized spacial score (nSPS) is 16.1. The number of nitrogens with one attached hydrogen (secondary N) is 1. The molecular formula is C21H13F4NO3S. The fourth-order valence-corrected chi connectivity index (χ4v) is 4.88. The number of halogens is 4. The first-order valence-electron chi connectivity index (χ1n) is 8.78. The van der Waals surface area contributed by atoms with Crippen molar-refractivity contribution in [2.75, 3.05) is 5.32 Å². The quantitative estimate of drug-likeness (QED) is 0.515. The molecular weight excluding hydrogens is 422 g/mol. The highest BCUT2D eigenvalue weighted by Crippen LogP contribution is 2.51. The molecule has 4 nitrogen and oxygen atoms in total. The molecule has 0 bridgehead atoms. The second kappa shape index (κ2) is 7.24.